The van der Waals surface area contributed by atoms with E-state index >= 15 is 0 Å². The second-order valence-corrected chi connectivity index (χ2v) is 4.91. The first-order valence-corrected chi connectivity index (χ1v) is 7.08. The number of pyridine rings is 1. The Labute approximate surface area is 112 Å². The summed E-state index contributed by atoms with van der Waals surface area (Å²) in [5.74, 6) is -0.0177. The van der Waals surface area contributed by atoms with Gasteiger partial charge in [-0.25, -0.2) is 4.98 Å². The fourth-order valence-electron chi connectivity index (χ4n) is 1.35. The summed E-state index contributed by atoms with van der Waals surface area (Å²) < 4.78 is 0.747. The molecule has 0 saturated heterocycles. The predicted molar refractivity (Wildman–Crippen MR) is 71.9 cm³/mol. The van der Waals surface area contributed by atoms with E-state index < -0.39 is 0 Å². The molecule has 0 spiro atoms. The Hall–Kier alpha value is -0.420. The van der Waals surface area contributed by atoms with Crippen LogP contribution in [0.3, 0.4) is 0 Å². The lowest BCUT2D eigenvalue weighted by Crippen LogP contribution is -2.32. The predicted octanol–water partition coefficient (Wildman–Crippen LogP) is 3.09. The van der Waals surface area contributed by atoms with Crippen molar-refractivity contribution < 1.29 is 4.79 Å². The third-order valence-electron chi connectivity index (χ3n) is 2.19. The molecule has 3 nitrogen and oxygen atoms in total. The Bertz CT molecular complexity index is 358. The molecule has 0 saturated carbocycles. The van der Waals surface area contributed by atoms with Gasteiger partial charge in [0.15, 0.2) is 0 Å². The molecule has 0 N–H and O–H groups in total. The van der Waals surface area contributed by atoms with Crippen LogP contribution in [0.1, 0.15) is 23.8 Å². The lowest BCUT2D eigenvalue weighted by molar-refractivity contribution is 0.0758. The van der Waals surface area contributed by atoms with Crippen LogP contribution in [0.4, 0.5) is 0 Å². The van der Waals surface area contributed by atoms with Crippen molar-refractivity contribution >= 4 is 37.8 Å². The molecule has 0 aliphatic heterocycles. The SMILES string of the molecule is CCN(CCCBr)C(=O)c1ncccc1Br. The summed E-state index contributed by atoms with van der Waals surface area (Å²) in [6.07, 6.45) is 2.58. The van der Waals surface area contributed by atoms with E-state index in [1.165, 1.54) is 0 Å². The van der Waals surface area contributed by atoms with Gasteiger partial charge in [0.1, 0.15) is 5.69 Å². The Morgan fingerprint density at radius 1 is 1.56 bits per heavy atom. The summed E-state index contributed by atoms with van der Waals surface area (Å²) in [7, 11) is 0. The number of carbonyl (C=O) groups excluding carboxylic acids is 1. The van der Waals surface area contributed by atoms with Gasteiger partial charge in [-0.1, -0.05) is 15.9 Å². The molecule has 0 fully saturated rings. The maximum Gasteiger partial charge on any atom is 0.273 e. The van der Waals surface area contributed by atoms with Crippen LogP contribution in [-0.4, -0.2) is 34.2 Å². The quantitative estimate of drug-likeness (QED) is 0.765. The monoisotopic (exact) mass is 348 g/mol. The lowest BCUT2D eigenvalue weighted by atomic mass is 10.3. The fraction of sp³-hybridized carbons (Fsp3) is 0.455. The number of halogens is 2. The van der Waals surface area contributed by atoms with Crippen molar-refractivity contribution in [3.8, 4) is 0 Å². The van der Waals surface area contributed by atoms with Gasteiger partial charge >= 0.3 is 0 Å². The van der Waals surface area contributed by atoms with Crippen LogP contribution in [0.5, 0.6) is 0 Å². The summed E-state index contributed by atoms with van der Waals surface area (Å²) in [5, 5.41) is 0.903. The first-order valence-electron chi connectivity index (χ1n) is 5.16. The van der Waals surface area contributed by atoms with E-state index in [0.29, 0.717) is 12.2 Å². The third kappa shape index (κ3) is 3.56. The highest BCUT2D eigenvalue weighted by Gasteiger charge is 2.17. The molecule has 0 aromatic carbocycles. The number of alkyl halides is 1. The Balaban J connectivity index is 2.79. The van der Waals surface area contributed by atoms with E-state index in [-0.39, 0.29) is 5.91 Å². The van der Waals surface area contributed by atoms with Gasteiger partial charge in [0.2, 0.25) is 0 Å². The number of rotatable bonds is 5. The highest BCUT2D eigenvalue weighted by atomic mass is 79.9. The molecule has 0 atom stereocenters. The van der Waals surface area contributed by atoms with Crippen LogP contribution in [0.25, 0.3) is 0 Å². The molecular weight excluding hydrogens is 336 g/mol. The molecule has 1 aromatic rings. The van der Waals surface area contributed by atoms with E-state index in [9.17, 15) is 4.79 Å². The highest BCUT2D eigenvalue weighted by molar-refractivity contribution is 9.10. The number of hydrogen-bond acceptors (Lipinski definition) is 2. The van der Waals surface area contributed by atoms with Crippen LogP contribution in [0.15, 0.2) is 22.8 Å². The topological polar surface area (TPSA) is 33.2 Å². The largest absolute Gasteiger partial charge is 0.338 e. The van der Waals surface area contributed by atoms with Crippen molar-refractivity contribution in [2.75, 3.05) is 18.4 Å². The van der Waals surface area contributed by atoms with E-state index in [1.807, 2.05) is 13.0 Å². The maximum absolute atomic E-state index is 12.1. The van der Waals surface area contributed by atoms with Crippen molar-refractivity contribution in [3.63, 3.8) is 0 Å². The standard InChI is InChI=1S/C11H14Br2N2O/c1-2-15(8-4-6-12)11(16)10-9(13)5-3-7-14-10/h3,5,7H,2,4,6,8H2,1H3. The van der Waals surface area contributed by atoms with E-state index in [1.54, 1.807) is 17.2 Å². The van der Waals surface area contributed by atoms with Crippen LogP contribution in [0.2, 0.25) is 0 Å². The molecule has 1 amide bonds. The van der Waals surface area contributed by atoms with Crippen LogP contribution >= 0.6 is 31.9 Å². The molecule has 1 heterocycles. The number of hydrogen-bond donors (Lipinski definition) is 0. The molecule has 0 unspecified atom stereocenters. The minimum Gasteiger partial charge on any atom is -0.338 e. The van der Waals surface area contributed by atoms with E-state index in [4.69, 9.17) is 0 Å². The maximum atomic E-state index is 12.1. The fourth-order valence-corrected chi connectivity index (χ4v) is 2.02. The molecule has 88 valence electrons. The molecule has 0 aliphatic rings. The highest BCUT2D eigenvalue weighted by Crippen LogP contribution is 2.15. The number of amides is 1. The van der Waals surface area contributed by atoms with Crippen molar-refractivity contribution in [2.45, 2.75) is 13.3 Å². The van der Waals surface area contributed by atoms with Crippen LogP contribution in [-0.2, 0) is 0 Å². The van der Waals surface area contributed by atoms with Crippen molar-refractivity contribution in [1.82, 2.24) is 9.88 Å². The van der Waals surface area contributed by atoms with Gasteiger partial charge in [0.05, 0.1) is 0 Å². The number of aromatic nitrogens is 1. The van der Waals surface area contributed by atoms with Crippen LogP contribution < -0.4 is 0 Å². The molecule has 0 bridgehead atoms. The zero-order valence-electron chi connectivity index (χ0n) is 9.12. The van der Waals surface area contributed by atoms with Gasteiger partial charge in [-0.15, -0.1) is 0 Å². The zero-order valence-corrected chi connectivity index (χ0v) is 12.3. The van der Waals surface area contributed by atoms with Gasteiger partial charge in [0.25, 0.3) is 5.91 Å². The number of nitrogens with zero attached hydrogens (tertiary/aromatic N) is 2. The summed E-state index contributed by atoms with van der Waals surface area (Å²) in [5.41, 5.74) is 0.485. The second-order valence-electron chi connectivity index (χ2n) is 3.26. The molecular formula is C11H14Br2N2O. The minimum atomic E-state index is -0.0177. The Kier molecular flexibility index (Phi) is 5.98. The summed E-state index contributed by atoms with van der Waals surface area (Å²) in [6, 6.07) is 3.63. The normalized spacial score (nSPS) is 10.2. The third-order valence-corrected chi connectivity index (χ3v) is 3.39. The van der Waals surface area contributed by atoms with Gasteiger partial charge < -0.3 is 4.90 Å². The minimum absolute atomic E-state index is 0.0177. The molecule has 16 heavy (non-hydrogen) atoms. The average molecular weight is 350 g/mol. The van der Waals surface area contributed by atoms with Crippen molar-refractivity contribution in [3.05, 3.63) is 28.5 Å². The first-order chi connectivity index (χ1) is 7.70. The number of carbonyl (C=O) groups is 1. The van der Waals surface area contributed by atoms with Crippen molar-refractivity contribution in [2.24, 2.45) is 0 Å². The first kappa shape index (κ1) is 13.6. The van der Waals surface area contributed by atoms with E-state index in [2.05, 4.69) is 36.8 Å². The van der Waals surface area contributed by atoms with E-state index in [0.717, 1.165) is 22.8 Å². The molecule has 1 aromatic heterocycles. The molecule has 5 heteroatoms. The molecule has 0 aliphatic carbocycles. The van der Waals surface area contributed by atoms with Gasteiger partial charge in [-0.3, -0.25) is 4.79 Å². The van der Waals surface area contributed by atoms with Gasteiger partial charge in [-0.05, 0) is 41.4 Å². The summed E-state index contributed by atoms with van der Waals surface area (Å²) in [6.45, 7) is 3.43. The van der Waals surface area contributed by atoms with Gasteiger partial charge in [-0.2, -0.15) is 0 Å². The Morgan fingerprint density at radius 3 is 2.88 bits per heavy atom. The Morgan fingerprint density at radius 2 is 2.31 bits per heavy atom. The summed E-state index contributed by atoms with van der Waals surface area (Å²) >= 11 is 6.71. The smallest absolute Gasteiger partial charge is 0.273 e. The molecule has 0 radical (unpaired) electrons. The van der Waals surface area contributed by atoms with Gasteiger partial charge in [0, 0.05) is 29.1 Å². The second kappa shape index (κ2) is 7.01. The summed E-state index contributed by atoms with van der Waals surface area (Å²) in [4.78, 5) is 18.0. The van der Waals surface area contributed by atoms with Crippen molar-refractivity contribution in [1.29, 1.82) is 0 Å². The zero-order chi connectivity index (χ0) is 12.0. The average Bonchev–Trinajstić information content (AvgIpc) is 2.30. The van der Waals surface area contributed by atoms with Crippen LogP contribution in [0, 0.1) is 0 Å². The lowest BCUT2D eigenvalue weighted by Gasteiger charge is -2.20. The molecule has 1 rings (SSSR count).